The van der Waals surface area contributed by atoms with Crippen LogP contribution in [0.15, 0.2) is 59.7 Å². The zero-order valence-corrected chi connectivity index (χ0v) is 19.7. The number of halogens is 3. The second-order valence-electron chi connectivity index (χ2n) is 9.57. The number of carbonyl (C=O) groups is 1. The molecule has 1 amide bonds. The molecule has 1 aromatic carbocycles. The minimum absolute atomic E-state index is 0.0389. The number of anilines is 1. The smallest absolute Gasteiger partial charge is 0.376 e. The highest BCUT2D eigenvalue weighted by Crippen LogP contribution is 2.34. The summed E-state index contributed by atoms with van der Waals surface area (Å²) in [6.07, 6.45) is 2.87. The van der Waals surface area contributed by atoms with Crippen LogP contribution in [0.2, 0.25) is 0 Å². The molecule has 1 saturated heterocycles. The van der Waals surface area contributed by atoms with Crippen LogP contribution < -0.4 is 16.2 Å². The molecule has 3 heterocycles. The molecule has 1 aliphatic carbocycles. The Bertz CT molecular complexity index is 1290. The number of carbonyl (C=O) groups excluding carboxylic acids is 1. The summed E-state index contributed by atoms with van der Waals surface area (Å²) in [7, 11) is 0. The molecule has 0 atom stereocenters. The van der Waals surface area contributed by atoms with Crippen molar-refractivity contribution < 1.29 is 18.0 Å². The molecule has 10 heteroatoms. The van der Waals surface area contributed by atoms with Gasteiger partial charge in [0.05, 0.1) is 23.7 Å². The molecule has 0 spiro atoms. The highest BCUT2D eigenvalue weighted by Gasteiger charge is 2.35. The monoisotopic (exact) mass is 499 g/mol. The van der Waals surface area contributed by atoms with Gasteiger partial charge in [-0.05, 0) is 56.0 Å². The third-order valence-electron chi connectivity index (χ3n) is 7.21. The van der Waals surface area contributed by atoms with Crippen molar-refractivity contribution in [2.24, 2.45) is 0 Å². The quantitative estimate of drug-likeness (QED) is 0.539. The Morgan fingerprint density at radius 3 is 2.50 bits per heavy atom. The SMILES string of the molecule is O=C(CNc1ccnc2ccc(C(F)(F)F)cc12)NC1CN([C@H]2CC[C@H](n3ccccc3=O)CC2)C1. The number of alkyl halides is 3. The third-order valence-corrected chi connectivity index (χ3v) is 7.21. The van der Waals surface area contributed by atoms with Gasteiger partial charge < -0.3 is 15.2 Å². The van der Waals surface area contributed by atoms with E-state index in [4.69, 9.17) is 0 Å². The number of aromatic nitrogens is 2. The van der Waals surface area contributed by atoms with E-state index in [0.717, 1.165) is 50.9 Å². The summed E-state index contributed by atoms with van der Waals surface area (Å²) in [6.45, 7) is 1.52. The van der Waals surface area contributed by atoms with Crippen LogP contribution in [-0.4, -0.2) is 52.1 Å². The Balaban J connectivity index is 1.09. The van der Waals surface area contributed by atoms with Crippen molar-refractivity contribution in [3.8, 4) is 0 Å². The van der Waals surface area contributed by atoms with Crippen LogP contribution in [0.5, 0.6) is 0 Å². The molecular weight excluding hydrogens is 471 g/mol. The number of amides is 1. The van der Waals surface area contributed by atoms with E-state index < -0.39 is 11.7 Å². The number of likely N-dealkylation sites (tertiary alicyclic amines) is 1. The zero-order valence-electron chi connectivity index (χ0n) is 19.7. The maximum absolute atomic E-state index is 13.1. The van der Waals surface area contributed by atoms with Crippen LogP contribution in [0.4, 0.5) is 18.9 Å². The second-order valence-corrected chi connectivity index (χ2v) is 9.57. The van der Waals surface area contributed by atoms with E-state index in [-0.39, 0.29) is 30.1 Å². The minimum Gasteiger partial charge on any atom is -0.376 e. The summed E-state index contributed by atoms with van der Waals surface area (Å²) >= 11 is 0. The molecular formula is C26H28F3N5O2. The molecule has 36 heavy (non-hydrogen) atoms. The predicted molar refractivity (Wildman–Crippen MR) is 131 cm³/mol. The van der Waals surface area contributed by atoms with Gasteiger partial charge in [-0.25, -0.2) is 0 Å². The maximum Gasteiger partial charge on any atom is 0.416 e. The maximum atomic E-state index is 13.1. The minimum atomic E-state index is -4.45. The number of benzene rings is 1. The molecule has 2 fully saturated rings. The summed E-state index contributed by atoms with van der Waals surface area (Å²) < 4.78 is 41.2. The second kappa shape index (κ2) is 9.93. The molecule has 0 bridgehead atoms. The zero-order chi connectivity index (χ0) is 25.3. The van der Waals surface area contributed by atoms with Gasteiger partial charge in [0.25, 0.3) is 5.56 Å². The van der Waals surface area contributed by atoms with Crippen molar-refractivity contribution in [3.63, 3.8) is 0 Å². The van der Waals surface area contributed by atoms with E-state index >= 15 is 0 Å². The average molecular weight is 500 g/mol. The summed E-state index contributed by atoms with van der Waals surface area (Å²) in [5.41, 5.74) is 0.150. The topological polar surface area (TPSA) is 79.3 Å². The lowest BCUT2D eigenvalue weighted by atomic mass is 9.88. The van der Waals surface area contributed by atoms with Crippen LogP contribution in [0.3, 0.4) is 0 Å². The lowest BCUT2D eigenvalue weighted by molar-refractivity contribution is -0.137. The first kappa shape index (κ1) is 24.3. The van der Waals surface area contributed by atoms with Gasteiger partial charge in [0.2, 0.25) is 5.91 Å². The fourth-order valence-corrected chi connectivity index (χ4v) is 5.28. The number of fused-ring (bicyclic) bond motifs is 1. The van der Waals surface area contributed by atoms with Gasteiger partial charge in [-0.3, -0.25) is 19.5 Å². The summed E-state index contributed by atoms with van der Waals surface area (Å²) in [5, 5.41) is 6.28. The first-order valence-corrected chi connectivity index (χ1v) is 12.2. The molecule has 3 aromatic rings. The largest absolute Gasteiger partial charge is 0.416 e. The standard InChI is InChI=1S/C26H28F3N5O2/c27-26(28,29)17-4-9-22-21(13-17)23(10-11-30-22)31-14-24(35)32-18-15-33(16-18)19-5-7-20(8-6-19)34-12-2-1-3-25(34)36/h1-4,9-13,18-20H,5-8,14-16H2,(H,30,31)(H,32,35)/t19-,20-. The first-order valence-electron chi connectivity index (χ1n) is 12.2. The Morgan fingerprint density at radius 2 is 1.78 bits per heavy atom. The summed E-state index contributed by atoms with van der Waals surface area (Å²) in [5.74, 6) is -0.205. The van der Waals surface area contributed by atoms with Gasteiger partial charge in [-0.1, -0.05) is 6.07 Å². The fraction of sp³-hybridized carbons (Fsp3) is 0.423. The molecule has 1 aliphatic heterocycles. The van der Waals surface area contributed by atoms with Crippen molar-refractivity contribution >= 4 is 22.5 Å². The van der Waals surface area contributed by atoms with Crippen molar-refractivity contribution in [2.75, 3.05) is 25.0 Å². The van der Waals surface area contributed by atoms with Crippen LogP contribution in [0.25, 0.3) is 10.9 Å². The van der Waals surface area contributed by atoms with E-state index in [1.54, 1.807) is 18.2 Å². The van der Waals surface area contributed by atoms with Gasteiger partial charge >= 0.3 is 6.18 Å². The lowest BCUT2D eigenvalue weighted by Crippen LogP contribution is -2.63. The molecule has 2 N–H and O–H groups in total. The van der Waals surface area contributed by atoms with Gasteiger partial charge in [0, 0.05) is 54.7 Å². The summed E-state index contributed by atoms with van der Waals surface area (Å²) in [6, 6.07) is 11.0. The van der Waals surface area contributed by atoms with Crippen LogP contribution in [0.1, 0.15) is 37.3 Å². The fourth-order valence-electron chi connectivity index (χ4n) is 5.28. The van der Waals surface area contributed by atoms with Gasteiger partial charge in [-0.15, -0.1) is 0 Å². The normalized spacial score (nSPS) is 21.2. The molecule has 7 nitrogen and oxygen atoms in total. The Morgan fingerprint density at radius 1 is 1.03 bits per heavy atom. The Kier molecular flexibility index (Phi) is 6.70. The number of hydrogen-bond acceptors (Lipinski definition) is 5. The van der Waals surface area contributed by atoms with E-state index in [9.17, 15) is 22.8 Å². The highest BCUT2D eigenvalue weighted by molar-refractivity contribution is 5.93. The molecule has 2 aliphatic rings. The number of hydrogen-bond donors (Lipinski definition) is 2. The molecule has 2 aromatic heterocycles. The average Bonchev–Trinajstić information content (AvgIpc) is 2.84. The molecule has 190 valence electrons. The first-order chi connectivity index (χ1) is 17.3. The van der Waals surface area contributed by atoms with Gasteiger partial charge in [0.1, 0.15) is 0 Å². The molecule has 0 radical (unpaired) electrons. The van der Waals surface area contributed by atoms with Gasteiger partial charge in [-0.2, -0.15) is 13.2 Å². The van der Waals surface area contributed by atoms with Crippen molar-refractivity contribution in [3.05, 3.63) is 70.8 Å². The van der Waals surface area contributed by atoms with E-state index in [2.05, 4.69) is 20.5 Å². The van der Waals surface area contributed by atoms with Crippen molar-refractivity contribution in [2.45, 2.75) is 50.0 Å². The number of pyridine rings is 2. The third kappa shape index (κ3) is 5.23. The predicted octanol–water partition coefficient (Wildman–Crippen LogP) is 3.81. The van der Waals surface area contributed by atoms with E-state index in [1.807, 2.05) is 16.8 Å². The number of nitrogens with one attached hydrogen (secondary N) is 2. The lowest BCUT2D eigenvalue weighted by Gasteiger charge is -2.46. The molecule has 1 saturated carbocycles. The van der Waals surface area contributed by atoms with Crippen molar-refractivity contribution in [1.29, 1.82) is 0 Å². The molecule has 5 rings (SSSR count). The number of rotatable bonds is 6. The van der Waals surface area contributed by atoms with Crippen molar-refractivity contribution in [1.82, 2.24) is 19.8 Å². The molecule has 0 unspecified atom stereocenters. The number of nitrogens with zero attached hydrogens (tertiary/aromatic N) is 3. The van der Waals surface area contributed by atoms with E-state index in [1.165, 1.54) is 12.3 Å². The van der Waals surface area contributed by atoms with Crippen LogP contribution >= 0.6 is 0 Å². The van der Waals surface area contributed by atoms with Crippen LogP contribution in [-0.2, 0) is 11.0 Å². The highest BCUT2D eigenvalue weighted by atomic mass is 19.4. The van der Waals surface area contributed by atoms with E-state index in [0.29, 0.717) is 22.6 Å². The van der Waals surface area contributed by atoms with Crippen LogP contribution in [0, 0.1) is 0 Å². The summed E-state index contributed by atoms with van der Waals surface area (Å²) in [4.78, 5) is 31.0. The Hall–Kier alpha value is -3.40. The Labute approximate surface area is 206 Å². The van der Waals surface area contributed by atoms with Gasteiger partial charge in [0.15, 0.2) is 0 Å².